The van der Waals surface area contributed by atoms with Gasteiger partial charge in [-0.05, 0) is 37.1 Å². The number of halogens is 3. The van der Waals surface area contributed by atoms with Crippen molar-refractivity contribution in [3.05, 3.63) is 59.2 Å². The average molecular weight is 362 g/mol. The van der Waals surface area contributed by atoms with Gasteiger partial charge in [0.25, 0.3) is 5.91 Å². The molecule has 26 heavy (non-hydrogen) atoms. The molecule has 0 aliphatic carbocycles. The smallest absolute Gasteiger partial charge is 0.305 e. The minimum atomic E-state index is -4.50. The van der Waals surface area contributed by atoms with Crippen LogP contribution >= 0.6 is 0 Å². The van der Waals surface area contributed by atoms with E-state index in [1.165, 1.54) is 10.5 Å². The highest BCUT2D eigenvalue weighted by atomic mass is 19.4. The summed E-state index contributed by atoms with van der Waals surface area (Å²) in [5.41, 5.74) is 0.933. The summed E-state index contributed by atoms with van der Waals surface area (Å²) in [7, 11) is 0. The second-order valence-electron chi connectivity index (χ2n) is 5.98. The normalized spacial score (nSPS) is 11.7. The number of amides is 1. The Morgan fingerprint density at radius 1 is 1.23 bits per heavy atom. The van der Waals surface area contributed by atoms with Gasteiger partial charge in [0.15, 0.2) is 0 Å². The Labute approximate surface area is 147 Å². The van der Waals surface area contributed by atoms with Crippen molar-refractivity contribution < 1.29 is 18.0 Å². The number of fused-ring (bicyclic) bond motifs is 1. The van der Waals surface area contributed by atoms with Crippen molar-refractivity contribution in [3.63, 3.8) is 0 Å². The third kappa shape index (κ3) is 3.54. The number of nitrogens with zero attached hydrogens (tertiary/aromatic N) is 3. The average Bonchev–Trinajstić information content (AvgIpc) is 2.93. The Bertz CT molecular complexity index is 945. The molecule has 0 radical (unpaired) electrons. The second kappa shape index (κ2) is 6.78. The first-order chi connectivity index (χ1) is 12.3. The number of hydrogen-bond donors (Lipinski definition) is 1. The molecule has 0 aliphatic heterocycles. The van der Waals surface area contributed by atoms with Crippen LogP contribution in [0.2, 0.25) is 0 Å². The SMILES string of the molecule is CCCc1nc2ccc(C(F)(F)F)cn2c1C(=O)Nc1ccc(C)cn1. The molecule has 0 spiro atoms. The highest BCUT2D eigenvalue weighted by Gasteiger charge is 2.32. The van der Waals surface area contributed by atoms with Gasteiger partial charge in [-0.1, -0.05) is 19.4 Å². The third-order valence-corrected chi connectivity index (χ3v) is 3.87. The number of rotatable bonds is 4. The summed E-state index contributed by atoms with van der Waals surface area (Å²) in [5, 5.41) is 2.63. The molecule has 5 nitrogen and oxygen atoms in total. The van der Waals surface area contributed by atoms with E-state index in [0.29, 0.717) is 30.0 Å². The number of aryl methyl sites for hydroxylation is 2. The van der Waals surface area contributed by atoms with Gasteiger partial charge < -0.3 is 5.32 Å². The Morgan fingerprint density at radius 2 is 2.00 bits per heavy atom. The molecule has 0 atom stereocenters. The molecule has 0 fully saturated rings. The van der Waals surface area contributed by atoms with E-state index < -0.39 is 17.6 Å². The molecule has 0 bridgehead atoms. The summed E-state index contributed by atoms with van der Waals surface area (Å²) in [6, 6.07) is 5.65. The van der Waals surface area contributed by atoms with Crippen LogP contribution in [0.3, 0.4) is 0 Å². The monoisotopic (exact) mass is 362 g/mol. The van der Waals surface area contributed by atoms with Crippen LogP contribution in [-0.2, 0) is 12.6 Å². The molecular formula is C18H17F3N4O. The first kappa shape index (κ1) is 17.9. The first-order valence-electron chi connectivity index (χ1n) is 8.11. The van der Waals surface area contributed by atoms with Gasteiger partial charge in [0.1, 0.15) is 17.2 Å². The highest BCUT2D eigenvalue weighted by Crippen LogP contribution is 2.30. The number of aromatic nitrogens is 3. The molecule has 8 heteroatoms. The molecule has 3 rings (SSSR count). The summed E-state index contributed by atoms with van der Waals surface area (Å²) in [6.45, 7) is 3.77. The van der Waals surface area contributed by atoms with E-state index in [9.17, 15) is 18.0 Å². The number of alkyl halides is 3. The quantitative estimate of drug-likeness (QED) is 0.754. The molecule has 3 aromatic rings. The summed E-state index contributed by atoms with van der Waals surface area (Å²) >= 11 is 0. The lowest BCUT2D eigenvalue weighted by molar-refractivity contribution is -0.137. The molecule has 0 aliphatic rings. The van der Waals surface area contributed by atoms with Crippen LogP contribution in [0.25, 0.3) is 5.65 Å². The van der Waals surface area contributed by atoms with Crippen LogP contribution in [0, 0.1) is 6.92 Å². The van der Waals surface area contributed by atoms with Gasteiger partial charge in [-0.3, -0.25) is 9.20 Å². The number of carbonyl (C=O) groups excluding carboxylic acids is 1. The minimum Gasteiger partial charge on any atom is -0.305 e. The van der Waals surface area contributed by atoms with Crippen molar-refractivity contribution in [3.8, 4) is 0 Å². The fourth-order valence-corrected chi connectivity index (χ4v) is 2.63. The van der Waals surface area contributed by atoms with Crippen molar-refractivity contribution in [2.45, 2.75) is 32.9 Å². The lowest BCUT2D eigenvalue weighted by atomic mass is 10.2. The predicted molar refractivity (Wildman–Crippen MR) is 91.1 cm³/mol. The number of carbonyl (C=O) groups is 1. The van der Waals surface area contributed by atoms with Crippen LogP contribution < -0.4 is 5.32 Å². The van der Waals surface area contributed by atoms with Gasteiger partial charge in [-0.25, -0.2) is 9.97 Å². The summed E-state index contributed by atoms with van der Waals surface area (Å²) in [5.74, 6) is -0.221. The molecule has 0 saturated heterocycles. The van der Waals surface area contributed by atoms with E-state index in [0.717, 1.165) is 17.8 Å². The van der Waals surface area contributed by atoms with Crippen molar-refractivity contribution in [1.82, 2.24) is 14.4 Å². The van der Waals surface area contributed by atoms with Gasteiger partial charge in [0.2, 0.25) is 0 Å². The van der Waals surface area contributed by atoms with Crippen molar-refractivity contribution in [2.75, 3.05) is 5.32 Å². The second-order valence-corrected chi connectivity index (χ2v) is 5.98. The summed E-state index contributed by atoms with van der Waals surface area (Å²) in [6.07, 6.45) is -0.820. The fraction of sp³-hybridized carbons (Fsp3) is 0.278. The zero-order valence-corrected chi connectivity index (χ0v) is 14.3. The van der Waals surface area contributed by atoms with Gasteiger partial charge >= 0.3 is 6.18 Å². The largest absolute Gasteiger partial charge is 0.417 e. The van der Waals surface area contributed by atoms with Crippen LogP contribution in [0.4, 0.5) is 19.0 Å². The highest BCUT2D eigenvalue weighted by molar-refractivity contribution is 6.04. The number of hydrogen-bond acceptors (Lipinski definition) is 3. The van der Waals surface area contributed by atoms with E-state index >= 15 is 0 Å². The van der Waals surface area contributed by atoms with Crippen LogP contribution in [0.15, 0.2) is 36.7 Å². The maximum atomic E-state index is 13.0. The Kier molecular flexibility index (Phi) is 4.67. The van der Waals surface area contributed by atoms with E-state index in [4.69, 9.17) is 0 Å². The molecular weight excluding hydrogens is 345 g/mol. The molecule has 0 aromatic carbocycles. The minimum absolute atomic E-state index is 0.0929. The van der Waals surface area contributed by atoms with E-state index in [1.807, 2.05) is 13.8 Å². The molecule has 0 unspecified atom stereocenters. The zero-order valence-electron chi connectivity index (χ0n) is 14.3. The fourth-order valence-electron chi connectivity index (χ4n) is 2.63. The Morgan fingerprint density at radius 3 is 2.62 bits per heavy atom. The number of imidazole rings is 1. The standard InChI is InChI=1S/C18H17F3N4O/c1-3-4-13-16(17(26)24-14-7-5-11(2)9-22-14)25-10-12(18(19,20)21)6-8-15(25)23-13/h5-10H,3-4H2,1-2H3,(H,22,24,26). The molecule has 1 amide bonds. The maximum Gasteiger partial charge on any atom is 0.417 e. The van der Waals surface area contributed by atoms with Gasteiger partial charge in [-0.2, -0.15) is 13.2 Å². The van der Waals surface area contributed by atoms with Crippen molar-refractivity contribution in [1.29, 1.82) is 0 Å². The molecule has 3 aromatic heterocycles. The summed E-state index contributed by atoms with van der Waals surface area (Å²) in [4.78, 5) is 21.2. The van der Waals surface area contributed by atoms with Crippen molar-refractivity contribution >= 4 is 17.4 Å². The molecule has 0 saturated carbocycles. The first-order valence-corrected chi connectivity index (χ1v) is 8.11. The van der Waals surface area contributed by atoms with Gasteiger partial charge in [-0.15, -0.1) is 0 Å². The molecule has 3 heterocycles. The van der Waals surface area contributed by atoms with E-state index in [-0.39, 0.29) is 5.69 Å². The van der Waals surface area contributed by atoms with Crippen LogP contribution in [-0.4, -0.2) is 20.3 Å². The predicted octanol–water partition coefficient (Wildman–Crippen LogP) is 4.26. The van der Waals surface area contributed by atoms with Crippen LogP contribution in [0.1, 0.15) is 40.7 Å². The maximum absolute atomic E-state index is 13.0. The number of nitrogens with one attached hydrogen (secondary N) is 1. The Hall–Kier alpha value is -2.90. The van der Waals surface area contributed by atoms with Gasteiger partial charge in [0.05, 0.1) is 11.3 Å². The van der Waals surface area contributed by atoms with Crippen LogP contribution in [0.5, 0.6) is 0 Å². The molecule has 136 valence electrons. The lowest BCUT2D eigenvalue weighted by Gasteiger charge is -2.09. The number of pyridine rings is 2. The Balaban J connectivity index is 2.07. The zero-order chi connectivity index (χ0) is 18.9. The van der Waals surface area contributed by atoms with Gasteiger partial charge in [0, 0.05) is 12.4 Å². The molecule has 1 N–H and O–H groups in total. The summed E-state index contributed by atoms with van der Waals surface area (Å²) < 4.78 is 40.3. The topological polar surface area (TPSA) is 59.3 Å². The lowest BCUT2D eigenvalue weighted by Crippen LogP contribution is -2.18. The van der Waals surface area contributed by atoms with E-state index in [1.54, 1.807) is 18.3 Å². The number of anilines is 1. The van der Waals surface area contributed by atoms with E-state index in [2.05, 4.69) is 15.3 Å². The van der Waals surface area contributed by atoms with Crippen molar-refractivity contribution in [2.24, 2.45) is 0 Å². The third-order valence-electron chi connectivity index (χ3n) is 3.87.